The Hall–Kier alpha value is -3.85. The Morgan fingerprint density at radius 3 is 2.03 bits per heavy atom. The van der Waals surface area contributed by atoms with Crippen LogP contribution in [0.25, 0.3) is 44.7 Å². The van der Waals surface area contributed by atoms with E-state index in [9.17, 15) is 0 Å². The van der Waals surface area contributed by atoms with Crippen molar-refractivity contribution in [1.29, 1.82) is 0 Å². The van der Waals surface area contributed by atoms with Gasteiger partial charge in [-0.2, -0.15) is 0 Å². The van der Waals surface area contributed by atoms with Crippen molar-refractivity contribution in [2.24, 2.45) is 0 Å². The molecule has 5 rings (SSSR count). The van der Waals surface area contributed by atoms with Crippen molar-refractivity contribution in [3.63, 3.8) is 0 Å². The molecule has 0 aliphatic carbocycles. The first-order valence-corrected chi connectivity index (χ1v) is 9.31. The summed E-state index contributed by atoms with van der Waals surface area (Å²) in [7, 11) is 0. The van der Waals surface area contributed by atoms with Crippen LogP contribution in [0.5, 0.6) is 0 Å². The fourth-order valence-corrected chi connectivity index (χ4v) is 3.30. The first kappa shape index (κ1) is 13.3. The summed E-state index contributed by atoms with van der Waals surface area (Å²) in [6.45, 7) is 1.81. The molecule has 0 saturated heterocycles. The van der Waals surface area contributed by atoms with Crippen molar-refractivity contribution >= 4 is 10.8 Å². The molecule has 0 fully saturated rings. The van der Waals surface area contributed by atoms with Gasteiger partial charge >= 0.3 is 0 Å². The van der Waals surface area contributed by atoms with E-state index >= 15 is 0 Å². The SMILES string of the molecule is [2H]c1c([2H])c([2H])c2cc(-c3nc(C)nc(-c4cccc(-c5ccccc5)c4)n3)ccc2c1[2H]. The Bertz CT molecular complexity index is 1520. The van der Waals surface area contributed by atoms with E-state index in [4.69, 9.17) is 10.5 Å². The van der Waals surface area contributed by atoms with Crippen LogP contribution in [0.2, 0.25) is 0 Å². The van der Waals surface area contributed by atoms with Gasteiger partial charge in [-0.3, -0.25) is 0 Å². The van der Waals surface area contributed by atoms with Gasteiger partial charge in [0.2, 0.25) is 0 Å². The number of nitrogens with zero attached hydrogens (tertiary/aromatic N) is 3. The van der Waals surface area contributed by atoms with Crippen molar-refractivity contribution < 1.29 is 5.48 Å². The molecule has 3 nitrogen and oxygen atoms in total. The second kappa shape index (κ2) is 7.28. The molecule has 4 aromatic carbocycles. The van der Waals surface area contributed by atoms with E-state index in [0.29, 0.717) is 33.8 Å². The van der Waals surface area contributed by atoms with Crippen molar-refractivity contribution in [1.82, 2.24) is 15.0 Å². The zero-order valence-corrected chi connectivity index (χ0v) is 15.8. The highest BCUT2D eigenvalue weighted by atomic mass is 15.0. The highest BCUT2D eigenvalue weighted by Crippen LogP contribution is 2.27. The lowest BCUT2D eigenvalue weighted by Crippen LogP contribution is -1.99. The monoisotopic (exact) mass is 377 g/mol. The standard InChI is InChI=1S/C26H19N3/c1-18-27-25(23-13-7-12-22(16-23)19-8-3-2-4-9-19)29-26(28-18)24-15-14-20-10-5-6-11-21(20)17-24/h2-17H,1H3/i5D,6D,10D,11D. The van der Waals surface area contributed by atoms with Gasteiger partial charge in [0.25, 0.3) is 0 Å². The van der Waals surface area contributed by atoms with Gasteiger partial charge in [-0.05, 0) is 41.0 Å². The Morgan fingerprint density at radius 1 is 0.586 bits per heavy atom. The minimum Gasteiger partial charge on any atom is -0.213 e. The molecule has 0 atom stereocenters. The summed E-state index contributed by atoms with van der Waals surface area (Å²) in [5.74, 6) is 1.57. The quantitative estimate of drug-likeness (QED) is 0.368. The number of hydrogen-bond donors (Lipinski definition) is 0. The summed E-state index contributed by atoms with van der Waals surface area (Å²) in [6, 6.07) is 22.7. The first-order valence-electron chi connectivity index (χ1n) is 11.3. The molecule has 0 amide bonds. The summed E-state index contributed by atoms with van der Waals surface area (Å²) in [5, 5.41) is 0.899. The maximum absolute atomic E-state index is 8.27. The minimum absolute atomic E-state index is 0.0530. The first-order chi connectivity index (χ1) is 15.9. The number of fused-ring (bicyclic) bond motifs is 1. The van der Waals surface area contributed by atoms with Gasteiger partial charge < -0.3 is 0 Å². The topological polar surface area (TPSA) is 38.7 Å². The van der Waals surface area contributed by atoms with Crippen molar-refractivity contribution in [2.75, 3.05) is 0 Å². The van der Waals surface area contributed by atoms with Crippen LogP contribution in [-0.2, 0) is 0 Å². The molecule has 0 aliphatic rings. The van der Waals surface area contributed by atoms with E-state index in [-0.39, 0.29) is 24.2 Å². The lowest BCUT2D eigenvalue weighted by molar-refractivity contribution is 0.992. The number of hydrogen-bond acceptors (Lipinski definition) is 3. The van der Waals surface area contributed by atoms with Crippen LogP contribution < -0.4 is 0 Å². The van der Waals surface area contributed by atoms with Gasteiger partial charge in [-0.1, -0.05) is 84.8 Å². The molecule has 1 aromatic heterocycles. The van der Waals surface area contributed by atoms with Gasteiger partial charge in [0.1, 0.15) is 5.82 Å². The molecule has 0 radical (unpaired) electrons. The zero-order chi connectivity index (χ0) is 23.1. The predicted octanol–water partition coefficient (Wildman–Crippen LogP) is 6.33. The number of aromatic nitrogens is 3. The molecule has 3 heteroatoms. The minimum atomic E-state index is -0.255. The van der Waals surface area contributed by atoms with Crippen LogP contribution >= 0.6 is 0 Å². The molecule has 0 aliphatic heterocycles. The van der Waals surface area contributed by atoms with E-state index in [1.54, 1.807) is 18.2 Å². The van der Waals surface area contributed by atoms with Crippen LogP contribution in [0.1, 0.15) is 11.3 Å². The molecule has 1 heterocycles. The third kappa shape index (κ3) is 3.50. The maximum Gasteiger partial charge on any atom is 0.163 e. The molecule has 138 valence electrons. The zero-order valence-electron chi connectivity index (χ0n) is 19.8. The number of benzene rings is 4. The van der Waals surface area contributed by atoms with Crippen LogP contribution in [-0.4, -0.2) is 15.0 Å². The molecule has 0 unspecified atom stereocenters. The lowest BCUT2D eigenvalue weighted by Gasteiger charge is -2.08. The summed E-state index contributed by atoms with van der Waals surface area (Å²) in [6.07, 6.45) is 0. The fourth-order valence-electron chi connectivity index (χ4n) is 3.30. The Balaban J connectivity index is 1.63. The van der Waals surface area contributed by atoms with Gasteiger partial charge in [0.05, 0.1) is 5.48 Å². The second-order valence-electron chi connectivity index (χ2n) is 6.74. The molecular weight excluding hydrogens is 354 g/mol. The molecule has 29 heavy (non-hydrogen) atoms. The summed E-state index contributed by atoms with van der Waals surface area (Å²) >= 11 is 0. The molecule has 0 bridgehead atoms. The van der Waals surface area contributed by atoms with Gasteiger partial charge in [0, 0.05) is 11.1 Å². The highest BCUT2D eigenvalue weighted by Gasteiger charge is 2.10. The van der Waals surface area contributed by atoms with Crippen molar-refractivity contribution in [2.45, 2.75) is 6.92 Å². The summed E-state index contributed by atoms with van der Waals surface area (Å²) < 4.78 is 32.3. The summed E-state index contributed by atoms with van der Waals surface area (Å²) in [5.41, 5.74) is 3.70. The van der Waals surface area contributed by atoms with Crippen LogP contribution in [0.4, 0.5) is 0 Å². The van der Waals surface area contributed by atoms with Crippen LogP contribution in [0, 0.1) is 6.92 Å². The molecule has 0 saturated carbocycles. The van der Waals surface area contributed by atoms with E-state index in [2.05, 4.69) is 22.1 Å². The Kier molecular flexibility index (Phi) is 3.35. The molecule has 5 aromatic rings. The third-order valence-electron chi connectivity index (χ3n) is 4.71. The average molecular weight is 377 g/mol. The normalized spacial score (nSPS) is 12.9. The Labute approximate surface area is 175 Å². The fraction of sp³-hybridized carbons (Fsp3) is 0.0385. The lowest BCUT2D eigenvalue weighted by atomic mass is 10.0. The van der Waals surface area contributed by atoms with Crippen LogP contribution in [0.15, 0.2) is 97.0 Å². The highest BCUT2D eigenvalue weighted by molar-refractivity contribution is 5.86. The average Bonchev–Trinajstić information content (AvgIpc) is 2.86. The maximum atomic E-state index is 8.27. The smallest absolute Gasteiger partial charge is 0.163 e. The van der Waals surface area contributed by atoms with Crippen LogP contribution in [0.3, 0.4) is 0 Å². The second-order valence-corrected chi connectivity index (χ2v) is 6.74. The predicted molar refractivity (Wildman–Crippen MR) is 118 cm³/mol. The van der Waals surface area contributed by atoms with E-state index in [1.165, 1.54) is 0 Å². The third-order valence-corrected chi connectivity index (χ3v) is 4.71. The van der Waals surface area contributed by atoms with Crippen molar-refractivity contribution in [3.05, 3.63) is 103 Å². The Morgan fingerprint density at radius 2 is 1.24 bits per heavy atom. The van der Waals surface area contributed by atoms with E-state index < -0.39 is 0 Å². The van der Waals surface area contributed by atoms with Gasteiger partial charge in [-0.25, -0.2) is 15.0 Å². The molecule has 0 N–H and O–H groups in total. The largest absolute Gasteiger partial charge is 0.213 e. The van der Waals surface area contributed by atoms with Gasteiger partial charge in [-0.15, -0.1) is 0 Å². The molecular formula is C26H19N3. The van der Waals surface area contributed by atoms with E-state index in [1.807, 2.05) is 49.4 Å². The van der Waals surface area contributed by atoms with Crippen molar-refractivity contribution in [3.8, 4) is 33.9 Å². The van der Waals surface area contributed by atoms with E-state index in [0.717, 1.165) is 16.7 Å². The molecule has 0 spiro atoms. The summed E-state index contributed by atoms with van der Waals surface area (Å²) in [4.78, 5) is 13.7. The number of aryl methyl sites for hydroxylation is 1. The van der Waals surface area contributed by atoms with Gasteiger partial charge in [0.15, 0.2) is 11.6 Å². The number of rotatable bonds is 3.